The van der Waals surface area contributed by atoms with Crippen molar-refractivity contribution in [1.29, 1.82) is 5.26 Å². The molecular formula is C26H22N4O2. The molecule has 1 fully saturated rings. The lowest BCUT2D eigenvalue weighted by Gasteiger charge is -2.36. The zero-order valence-corrected chi connectivity index (χ0v) is 17.8. The Morgan fingerprint density at radius 2 is 1.78 bits per heavy atom. The monoisotopic (exact) mass is 422 g/mol. The molecule has 2 aliphatic rings. The maximum Gasteiger partial charge on any atom is 0.254 e. The van der Waals surface area contributed by atoms with Crippen molar-refractivity contribution in [3.05, 3.63) is 89.0 Å². The number of amidine groups is 1. The molecule has 2 heterocycles. The number of para-hydroxylation sites is 1. The average Bonchev–Trinajstić information content (AvgIpc) is 3.00. The lowest BCUT2D eigenvalue weighted by atomic mass is 10.1. The first-order valence-electron chi connectivity index (χ1n) is 10.6. The Hall–Kier alpha value is -4.11. The molecule has 0 saturated carbocycles. The number of carbonyl (C=O) groups is 1. The molecule has 1 amide bonds. The number of nitriles is 1. The highest BCUT2D eigenvalue weighted by atomic mass is 16.5. The fraction of sp³-hybridized carbons (Fsp3) is 0.192. The number of rotatable bonds is 1. The molecule has 0 aliphatic carbocycles. The van der Waals surface area contributed by atoms with E-state index < -0.39 is 0 Å². The molecule has 158 valence electrons. The van der Waals surface area contributed by atoms with Gasteiger partial charge in [-0.05, 0) is 55.0 Å². The van der Waals surface area contributed by atoms with Crippen molar-refractivity contribution in [1.82, 2.24) is 9.80 Å². The summed E-state index contributed by atoms with van der Waals surface area (Å²) in [6.45, 7) is 4.53. The molecule has 6 nitrogen and oxygen atoms in total. The highest BCUT2D eigenvalue weighted by Gasteiger charge is 2.28. The highest BCUT2D eigenvalue weighted by molar-refractivity contribution is 6.04. The van der Waals surface area contributed by atoms with E-state index in [0.29, 0.717) is 37.3 Å². The van der Waals surface area contributed by atoms with Gasteiger partial charge in [-0.3, -0.25) is 4.79 Å². The second-order valence-corrected chi connectivity index (χ2v) is 7.98. The molecule has 5 rings (SSSR count). The normalized spacial score (nSPS) is 14.9. The predicted molar refractivity (Wildman–Crippen MR) is 123 cm³/mol. The van der Waals surface area contributed by atoms with Crippen LogP contribution in [0.3, 0.4) is 0 Å². The van der Waals surface area contributed by atoms with Gasteiger partial charge in [0.05, 0.1) is 17.2 Å². The van der Waals surface area contributed by atoms with Crippen molar-refractivity contribution in [2.75, 3.05) is 26.2 Å². The van der Waals surface area contributed by atoms with E-state index in [4.69, 9.17) is 15.0 Å². The summed E-state index contributed by atoms with van der Waals surface area (Å²) in [5, 5.41) is 9.12. The third-order valence-electron chi connectivity index (χ3n) is 5.79. The maximum atomic E-state index is 12.9. The van der Waals surface area contributed by atoms with Crippen molar-refractivity contribution < 1.29 is 9.53 Å². The Bertz CT molecular complexity index is 1270. The van der Waals surface area contributed by atoms with Gasteiger partial charge in [0.25, 0.3) is 5.91 Å². The summed E-state index contributed by atoms with van der Waals surface area (Å²) in [5.41, 5.74) is 3.91. The molecule has 0 atom stereocenters. The van der Waals surface area contributed by atoms with Crippen molar-refractivity contribution in [3.63, 3.8) is 0 Å². The number of benzene rings is 3. The van der Waals surface area contributed by atoms with Crippen molar-refractivity contribution in [2.24, 2.45) is 4.99 Å². The van der Waals surface area contributed by atoms with E-state index in [9.17, 15) is 4.79 Å². The fourth-order valence-corrected chi connectivity index (χ4v) is 4.10. The highest BCUT2D eigenvalue weighted by Crippen LogP contribution is 2.38. The summed E-state index contributed by atoms with van der Waals surface area (Å²) in [6, 6.07) is 22.9. The van der Waals surface area contributed by atoms with Gasteiger partial charge in [0.2, 0.25) is 0 Å². The number of fused-ring (bicyclic) bond motifs is 2. The van der Waals surface area contributed by atoms with E-state index in [1.54, 1.807) is 24.3 Å². The molecule has 3 aromatic carbocycles. The molecule has 0 bridgehead atoms. The summed E-state index contributed by atoms with van der Waals surface area (Å²) in [5.74, 6) is 2.34. The minimum atomic E-state index is -0.0471. The maximum absolute atomic E-state index is 12.9. The minimum absolute atomic E-state index is 0.0471. The van der Waals surface area contributed by atoms with Gasteiger partial charge in [0.15, 0.2) is 5.75 Å². The van der Waals surface area contributed by atoms with Crippen LogP contribution in [0.15, 0.2) is 71.7 Å². The Balaban J connectivity index is 1.40. The molecule has 0 aromatic heterocycles. The first-order chi connectivity index (χ1) is 15.6. The zero-order valence-electron chi connectivity index (χ0n) is 17.8. The molecule has 0 N–H and O–H groups in total. The fourth-order valence-electron chi connectivity index (χ4n) is 4.10. The second kappa shape index (κ2) is 8.20. The van der Waals surface area contributed by atoms with E-state index in [2.05, 4.69) is 11.0 Å². The van der Waals surface area contributed by atoms with E-state index >= 15 is 0 Å². The molecule has 2 aliphatic heterocycles. The molecule has 1 saturated heterocycles. The van der Waals surface area contributed by atoms with Crippen LogP contribution in [0.25, 0.3) is 0 Å². The topological polar surface area (TPSA) is 68.9 Å². The number of nitrogens with zero attached hydrogens (tertiary/aromatic N) is 4. The molecule has 0 spiro atoms. The third-order valence-corrected chi connectivity index (χ3v) is 5.79. The summed E-state index contributed by atoms with van der Waals surface area (Å²) in [7, 11) is 0. The van der Waals surface area contributed by atoms with Crippen LogP contribution in [0.5, 0.6) is 11.5 Å². The van der Waals surface area contributed by atoms with Crippen molar-refractivity contribution in [3.8, 4) is 17.6 Å². The van der Waals surface area contributed by atoms with Gasteiger partial charge in [0, 0.05) is 31.7 Å². The van der Waals surface area contributed by atoms with Crippen LogP contribution in [-0.4, -0.2) is 47.7 Å². The summed E-state index contributed by atoms with van der Waals surface area (Å²) >= 11 is 0. The van der Waals surface area contributed by atoms with Crippen molar-refractivity contribution >= 4 is 17.4 Å². The largest absolute Gasteiger partial charge is 0.454 e. The number of amides is 1. The van der Waals surface area contributed by atoms with E-state index in [1.807, 2.05) is 54.3 Å². The Kier molecular flexibility index (Phi) is 5.08. The first kappa shape index (κ1) is 19.8. The van der Waals surface area contributed by atoms with Crippen LogP contribution < -0.4 is 4.74 Å². The predicted octanol–water partition coefficient (Wildman–Crippen LogP) is 4.51. The molecular weight excluding hydrogens is 400 g/mol. The Morgan fingerprint density at radius 1 is 0.969 bits per heavy atom. The van der Waals surface area contributed by atoms with Gasteiger partial charge >= 0.3 is 0 Å². The number of aliphatic imine (C=N–C) groups is 1. The van der Waals surface area contributed by atoms with Gasteiger partial charge in [-0.2, -0.15) is 5.26 Å². The minimum Gasteiger partial charge on any atom is -0.454 e. The van der Waals surface area contributed by atoms with E-state index in [1.165, 1.54) is 0 Å². The molecule has 6 heteroatoms. The van der Waals surface area contributed by atoms with Gasteiger partial charge in [-0.15, -0.1) is 0 Å². The zero-order chi connectivity index (χ0) is 22.1. The summed E-state index contributed by atoms with van der Waals surface area (Å²) in [4.78, 5) is 22.0. The number of piperazine rings is 1. The quantitative estimate of drug-likeness (QED) is 0.579. The molecule has 0 unspecified atom stereocenters. The van der Waals surface area contributed by atoms with Gasteiger partial charge in [-0.25, -0.2) is 4.99 Å². The number of aryl methyl sites for hydroxylation is 1. The van der Waals surface area contributed by atoms with Crippen LogP contribution in [0.2, 0.25) is 0 Å². The van der Waals surface area contributed by atoms with Gasteiger partial charge < -0.3 is 14.5 Å². The van der Waals surface area contributed by atoms with Crippen LogP contribution in [-0.2, 0) is 0 Å². The lowest BCUT2D eigenvalue weighted by molar-refractivity contribution is 0.0692. The first-order valence-corrected chi connectivity index (χ1v) is 10.6. The smallest absolute Gasteiger partial charge is 0.254 e. The lowest BCUT2D eigenvalue weighted by Crippen LogP contribution is -2.50. The average molecular weight is 422 g/mol. The number of ether oxygens (including phenoxy) is 1. The molecule has 3 aromatic rings. The van der Waals surface area contributed by atoms with Crippen LogP contribution in [0.1, 0.15) is 27.0 Å². The van der Waals surface area contributed by atoms with E-state index in [-0.39, 0.29) is 5.91 Å². The van der Waals surface area contributed by atoms with Crippen LogP contribution >= 0.6 is 0 Å². The SMILES string of the molecule is Cc1ccc2c(c1)Oc1ccccc1C(N1CCN(C(=O)c3cccc(C#N)c3)CC1)=N2. The Labute approximate surface area is 187 Å². The number of carbonyl (C=O) groups excluding carboxylic acids is 1. The van der Waals surface area contributed by atoms with Gasteiger partial charge in [-0.1, -0.05) is 24.3 Å². The molecule has 0 radical (unpaired) electrons. The van der Waals surface area contributed by atoms with E-state index in [0.717, 1.165) is 34.1 Å². The van der Waals surface area contributed by atoms with Crippen LogP contribution in [0, 0.1) is 18.3 Å². The number of hydrogen-bond donors (Lipinski definition) is 0. The third kappa shape index (κ3) is 3.69. The second-order valence-electron chi connectivity index (χ2n) is 7.98. The molecule has 32 heavy (non-hydrogen) atoms. The number of hydrogen-bond acceptors (Lipinski definition) is 5. The van der Waals surface area contributed by atoms with Crippen molar-refractivity contribution in [2.45, 2.75) is 6.92 Å². The standard InChI is InChI=1S/C26H22N4O2/c1-18-9-10-22-24(15-18)32-23-8-3-2-7-21(23)25(28-22)29-11-13-30(14-12-29)26(31)20-6-4-5-19(16-20)17-27/h2-10,15-16H,11-14H2,1H3. The summed E-state index contributed by atoms with van der Waals surface area (Å²) < 4.78 is 6.21. The van der Waals surface area contributed by atoms with Crippen LogP contribution in [0.4, 0.5) is 5.69 Å². The summed E-state index contributed by atoms with van der Waals surface area (Å²) in [6.07, 6.45) is 0. The van der Waals surface area contributed by atoms with Gasteiger partial charge in [0.1, 0.15) is 17.3 Å². The Morgan fingerprint density at radius 3 is 2.59 bits per heavy atom.